The number of aromatic nitrogens is 2. The van der Waals surface area contributed by atoms with Gasteiger partial charge in [0.25, 0.3) is 0 Å². The number of nitrogens with two attached hydrogens (primary N) is 1. The van der Waals surface area contributed by atoms with Crippen molar-refractivity contribution in [2.45, 2.75) is 6.18 Å². The van der Waals surface area contributed by atoms with E-state index in [1.807, 2.05) is 0 Å². The third-order valence-electron chi connectivity index (χ3n) is 3.06. The molecule has 1 aromatic carbocycles. The van der Waals surface area contributed by atoms with E-state index < -0.39 is 11.7 Å². The minimum absolute atomic E-state index is 0.0994. The zero-order chi connectivity index (χ0) is 14.3. The van der Waals surface area contributed by atoms with Gasteiger partial charge in [0.1, 0.15) is 0 Å². The molecule has 0 radical (unpaired) electrons. The van der Waals surface area contributed by atoms with E-state index >= 15 is 0 Å². The van der Waals surface area contributed by atoms with Crippen LogP contribution in [0, 0.1) is 0 Å². The fourth-order valence-electron chi connectivity index (χ4n) is 2.19. The summed E-state index contributed by atoms with van der Waals surface area (Å²) in [7, 11) is 0. The molecule has 0 aliphatic heterocycles. The van der Waals surface area contributed by atoms with Crippen molar-refractivity contribution in [3.8, 4) is 11.1 Å². The van der Waals surface area contributed by atoms with Crippen LogP contribution in [0.5, 0.6) is 0 Å². The van der Waals surface area contributed by atoms with E-state index in [-0.39, 0.29) is 5.56 Å². The van der Waals surface area contributed by atoms with E-state index in [2.05, 4.69) is 4.98 Å². The van der Waals surface area contributed by atoms with Crippen molar-refractivity contribution in [2.75, 3.05) is 5.73 Å². The Kier molecular flexibility index (Phi) is 2.67. The fourth-order valence-corrected chi connectivity index (χ4v) is 2.19. The molecule has 6 heteroatoms. The molecule has 3 aromatic rings. The van der Waals surface area contributed by atoms with Gasteiger partial charge < -0.3 is 10.1 Å². The fraction of sp³-hybridized carbons (Fsp3) is 0.0714. The number of fused-ring (bicyclic) bond motifs is 1. The van der Waals surface area contributed by atoms with Gasteiger partial charge in [-0.1, -0.05) is 18.2 Å². The van der Waals surface area contributed by atoms with Crippen LogP contribution < -0.4 is 5.73 Å². The number of hydrogen-bond acceptors (Lipinski definition) is 2. The molecule has 0 saturated carbocycles. The van der Waals surface area contributed by atoms with E-state index in [9.17, 15) is 13.2 Å². The van der Waals surface area contributed by atoms with E-state index in [0.29, 0.717) is 16.9 Å². The Bertz CT molecular complexity index is 775. The minimum Gasteiger partial charge on any atom is -0.396 e. The highest BCUT2D eigenvalue weighted by Crippen LogP contribution is 2.37. The summed E-state index contributed by atoms with van der Waals surface area (Å²) in [6, 6.07) is 6.93. The second kappa shape index (κ2) is 4.26. The molecular formula is C14H10F3N3. The molecule has 102 valence electrons. The summed E-state index contributed by atoms with van der Waals surface area (Å²) in [6.07, 6.45) is 0.370. The molecule has 0 aliphatic rings. The normalized spacial score (nSPS) is 11.9. The van der Waals surface area contributed by atoms with Crippen LogP contribution in [0.1, 0.15) is 5.56 Å². The largest absolute Gasteiger partial charge is 0.417 e. The van der Waals surface area contributed by atoms with Gasteiger partial charge in [-0.05, 0) is 17.7 Å². The molecule has 0 amide bonds. The van der Waals surface area contributed by atoms with Crippen molar-refractivity contribution in [1.82, 2.24) is 9.38 Å². The molecule has 3 nitrogen and oxygen atoms in total. The van der Waals surface area contributed by atoms with Gasteiger partial charge in [0.15, 0.2) is 5.65 Å². The molecule has 2 aromatic heterocycles. The van der Waals surface area contributed by atoms with Gasteiger partial charge in [-0.15, -0.1) is 0 Å². The maximum absolute atomic E-state index is 13.0. The van der Waals surface area contributed by atoms with Crippen LogP contribution in [-0.2, 0) is 6.18 Å². The first-order chi connectivity index (χ1) is 9.47. The third kappa shape index (κ3) is 1.99. The zero-order valence-electron chi connectivity index (χ0n) is 10.2. The first kappa shape index (κ1) is 12.5. The average Bonchev–Trinajstić information content (AvgIpc) is 2.86. The molecule has 0 unspecified atom stereocenters. The van der Waals surface area contributed by atoms with Gasteiger partial charge in [-0.25, -0.2) is 4.98 Å². The second-order valence-corrected chi connectivity index (χ2v) is 4.39. The van der Waals surface area contributed by atoms with E-state index in [1.165, 1.54) is 18.2 Å². The van der Waals surface area contributed by atoms with Crippen molar-refractivity contribution < 1.29 is 13.2 Å². The highest BCUT2D eigenvalue weighted by molar-refractivity contribution is 5.76. The Morgan fingerprint density at radius 3 is 2.65 bits per heavy atom. The lowest BCUT2D eigenvalue weighted by Crippen LogP contribution is -2.07. The number of nitrogens with zero attached hydrogens (tertiary/aromatic N) is 2. The lowest BCUT2D eigenvalue weighted by molar-refractivity contribution is -0.137. The predicted octanol–water partition coefficient (Wildman–Crippen LogP) is 3.60. The van der Waals surface area contributed by atoms with Crippen molar-refractivity contribution in [3.63, 3.8) is 0 Å². The predicted molar refractivity (Wildman–Crippen MR) is 70.0 cm³/mol. The molecule has 20 heavy (non-hydrogen) atoms. The molecule has 0 aliphatic carbocycles. The van der Waals surface area contributed by atoms with Gasteiger partial charge in [-0.2, -0.15) is 13.2 Å². The van der Waals surface area contributed by atoms with Crippen LogP contribution in [0.2, 0.25) is 0 Å². The molecule has 2 N–H and O–H groups in total. The van der Waals surface area contributed by atoms with Gasteiger partial charge >= 0.3 is 6.18 Å². The summed E-state index contributed by atoms with van der Waals surface area (Å²) >= 11 is 0. The number of anilines is 1. The van der Waals surface area contributed by atoms with E-state index in [4.69, 9.17) is 5.73 Å². The van der Waals surface area contributed by atoms with Crippen molar-refractivity contribution in [3.05, 3.63) is 54.5 Å². The lowest BCUT2D eigenvalue weighted by Gasteiger charge is -2.13. The summed E-state index contributed by atoms with van der Waals surface area (Å²) in [4.78, 5) is 4.04. The summed E-state index contributed by atoms with van der Waals surface area (Å²) in [5.74, 6) is 0. The number of alkyl halides is 3. The number of nitrogen functional groups attached to an aromatic ring is 1. The molecule has 0 bridgehead atoms. The quantitative estimate of drug-likeness (QED) is 0.738. The Morgan fingerprint density at radius 1 is 1.15 bits per heavy atom. The number of imidazole rings is 1. The molecule has 3 rings (SSSR count). The lowest BCUT2D eigenvalue weighted by atomic mass is 10.0. The first-order valence-corrected chi connectivity index (χ1v) is 5.85. The smallest absolute Gasteiger partial charge is 0.396 e. The van der Waals surface area contributed by atoms with Gasteiger partial charge in [0, 0.05) is 24.2 Å². The Labute approximate surface area is 112 Å². The van der Waals surface area contributed by atoms with Crippen LogP contribution in [0.15, 0.2) is 48.9 Å². The van der Waals surface area contributed by atoms with Crippen LogP contribution in [0.25, 0.3) is 16.8 Å². The standard InChI is InChI=1S/C14H10F3N3/c15-14(16,17)11-4-2-1-3-10(11)9-7-12(18)13-19-5-6-20(13)8-9/h1-8H,18H2. The van der Waals surface area contributed by atoms with Gasteiger partial charge in [0.05, 0.1) is 11.3 Å². The molecule has 0 fully saturated rings. The second-order valence-electron chi connectivity index (χ2n) is 4.39. The maximum Gasteiger partial charge on any atom is 0.417 e. The van der Waals surface area contributed by atoms with Crippen molar-refractivity contribution in [1.29, 1.82) is 0 Å². The highest BCUT2D eigenvalue weighted by Gasteiger charge is 2.33. The monoisotopic (exact) mass is 277 g/mol. The summed E-state index contributed by atoms with van der Waals surface area (Å²) in [6.45, 7) is 0. The SMILES string of the molecule is Nc1cc(-c2ccccc2C(F)(F)F)cn2ccnc12. The average molecular weight is 277 g/mol. The topological polar surface area (TPSA) is 43.3 Å². The zero-order valence-corrected chi connectivity index (χ0v) is 10.2. The number of benzene rings is 1. The summed E-state index contributed by atoms with van der Waals surface area (Å²) in [5, 5.41) is 0. The Hall–Kier alpha value is -2.50. The van der Waals surface area contributed by atoms with Crippen molar-refractivity contribution >= 4 is 11.3 Å². The number of halogens is 3. The summed E-state index contributed by atoms with van der Waals surface area (Å²) in [5.41, 5.74) is 6.52. The number of pyridine rings is 1. The first-order valence-electron chi connectivity index (χ1n) is 5.85. The Balaban J connectivity index is 2.26. The molecular weight excluding hydrogens is 267 g/mol. The molecule has 0 saturated heterocycles. The summed E-state index contributed by atoms with van der Waals surface area (Å²) < 4.78 is 40.7. The van der Waals surface area contributed by atoms with Gasteiger partial charge in [-0.3, -0.25) is 0 Å². The number of rotatable bonds is 1. The van der Waals surface area contributed by atoms with E-state index in [0.717, 1.165) is 6.07 Å². The number of hydrogen-bond donors (Lipinski definition) is 1. The van der Waals surface area contributed by atoms with Crippen LogP contribution in [-0.4, -0.2) is 9.38 Å². The minimum atomic E-state index is -4.41. The molecule has 0 spiro atoms. The molecule has 0 atom stereocenters. The third-order valence-corrected chi connectivity index (χ3v) is 3.06. The van der Waals surface area contributed by atoms with Crippen LogP contribution in [0.3, 0.4) is 0 Å². The van der Waals surface area contributed by atoms with E-state index in [1.54, 1.807) is 29.1 Å². The van der Waals surface area contributed by atoms with Crippen LogP contribution in [0.4, 0.5) is 18.9 Å². The maximum atomic E-state index is 13.0. The highest BCUT2D eigenvalue weighted by atomic mass is 19.4. The van der Waals surface area contributed by atoms with Gasteiger partial charge in [0.2, 0.25) is 0 Å². The Morgan fingerprint density at radius 2 is 1.90 bits per heavy atom. The van der Waals surface area contributed by atoms with Crippen molar-refractivity contribution in [2.24, 2.45) is 0 Å². The molecule has 2 heterocycles. The van der Waals surface area contributed by atoms with Crippen LogP contribution >= 0.6 is 0 Å².